The summed E-state index contributed by atoms with van der Waals surface area (Å²) in [6.45, 7) is 13.8. The number of rotatable bonds is 22. The normalized spacial score (nSPS) is 23.9. The van der Waals surface area contributed by atoms with Crippen LogP contribution in [0.2, 0.25) is 0 Å². The second-order valence-electron chi connectivity index (χ2n) is 18.3. The molecule has 3 saturated carbocycles. The topological polar surface area (TPSA) is 249 Å². The maximum absolute atomic E-state index is 13.7. The molecule has 6 rings (SSSR count). The summed E-state index contributed by atoms with van der Waals surface area (Å²) >= 11 is 0. The van der Waals surface area contributed by atoms with Crippen LogP contribution < -0.4 is 38.1 Å². The van der Waals surface area contributed by atoms with Gasteiger partial charge in [-0.25, -0.2) is 0 Å². The number of carbonyl (C=O) groups excluding carboxylic acids is 5. The highest BCUT2D eigenvalue weighted by atomic mass is 16.7. The standard InChI is InChI=1S/C45H69BN8O8/c1-8-9-12-29-14-16-30(17-15-29)31-18-19-33(49-25-31)40(57)53-35(20-22-48)42(59)54-38(27(3)55)43(60)50-26(2)39(56)52-34(13-10-11-21-47)41(58)51-28(4)46-61-37-24-32-23-36(44(32,5)6)45(37,7)62-46/h14-19,25-28,32,34-38,55H,8-13,20-24,47-48H2,1-7H3,(H,50,60)(H,51,58)(H,52,56)(H,53,57)(H,54,59)/t26-,27+,28-,32-,34-,35-,36-,37?,38-,45-/m0/s1. The van der Waals surface area contributed by atoms with Gasteiger partial charge in [-0.2, -0.15) is 0 Å². The number of aryl methyl sites for hydroxylation is 1. The number of aromatic nitrogens is 1. The van der Waals surface area contributed by atoms with E-state index < -0.39 is 78.5 Å². The number of nitrogens with two attached hydrogens (primary N) is 2. The number of aliphatic hydroxyl groups is 1. The van der Waals surface area contributed by atoms with Gasteiger partial charge in [-0.3, -0.25) is 29.0 Å². The summed E-state index contributed by atoms with van der Waals surface area (Å²) in [5.74, 6) is -2.91. The number of aliphatic hydroxyl groups excluding tert-OH is 1. The average molecular weight is 861 g/mol. The molecule has 17 heteroatoms. The smallest absolute Gasteiger partial charge is 0.404 e. The van der Waals surface area contributed by atoms with Crippen molar-refractivity contribution in [1.82, 2.24) is 31.6 Å². The van der Waals surface area contributed by atoms with E-state index in [1.54, 1.807) is 18.3 Å². The summed E-state index contributed by atoms with van der Waals surface area (Å²) < 4.78 is 12.9. The van der Waals surface area contributed by atoms with E-state index in [1.165, 1.54) is 19.4 Å². The molecule has 2 aromatic rings. The van der Waals surface area contributed by atoms with E-state index in [4.69, 9.17) is 20.8 Å². The van der Waals surface area contributed by atoms with Crippen molar-refractivity contribution in [3.05, 3.63) is 53.9 Å². The first-order valence-electron chi connectivity index (χ1n) is 22.4. The van der Waals surface area contributed by atoms with Crippen LogP contribution >= 0.6 is 0 Å². The van der Waals surface area contributed by atoms with Crippen molar-refractivity contribution in [2.45, 2.75) is 154 Å². The van der Waals surface area contributed by atoms with Crippen LogP contribution in [-0.2, 0) is 34.9 Å². The Kier molecular flexibility index (Phi) is 16.7. The lowest BCUT2D eigenvalue weighted by molar-refractivity contribution is -0.199. The van der Waals surface area contributed by atoms with Gasteiger partial charge in [0.15, 0.2) is 0 Å². The van der Waals surface area contributed by atoms with Crippen molar-refractivity contribution in [2.75, 3.05) is 13.1 Å². The highest BCUT2D eigenvalue weighted by Gasteiger charge is 2.68. The molecule has 1 aliphatic heterocycles. The van der Waals surface area contributed by atoms with E-state index >= 15 is 0 Å². The summed E-state index contributed by atoms with van der Waals surface area (Å²) in [5, 5.41) is 24.0. The van der Waals surface area contributed by atoms with Gasteiger partial charge in [0.2, 0.25) is 23.6 Å². The number of pyridine rings is 1. The largest absolute Gasteiger partial charge is 0.481 e. The number of unbranched alkanes of at least 4 members (excludes halogenated alkanes) is 2. The minimum Gasteiger partial charge on any atom is -0.404 e. The Morgan fingerprint density at radius 1 is 0.806 bits per heavy atom. The van der Waals surface area contributed by atoms with Crippen LogP contribution in [0.1, 0.15) is 116 Å². The molecule has 2 heterocycles. The lowest BCUT2D eigenvalue weighted by Crippen LogP contribution is -2.65. The van der Waals surface area contributed by atoms with Crippen molar-refractivity contribution in [2.24, 2.45) is 28.7 Å². The minimum atomic E-state index is -1.50. The number of nitrogens with one attached hydrogen (secondary N) is 5. The quantitative estimate of drug-likeness (QED) is 0.0631. The second-order valence-corrected chi connectivity index (χ2v) is 18.3. The zero-order valence-corrected chi connectivity index (χ0v) is 37.5. The fourth-order valence-corrected chi connectivity index (χ4v) is 9.20. The second kappa shape index (κ2) is 21.3. The van der Waals surface area contributed by atoms with Gasteiger partial charge in [-0.05, 0) is 127 Å². The summed E-state index contributed by atoms with van der Waals surface area (Å²) in [5.41, 5.74) is 14.3. The Morgan fingerprint density at radius 2 is 1.48 bits per heavy atom. The number of hydrogen-bond acceptors (Lipinski definition) is 11. The first-order valence-corrected chi connectivity index (χ1v) is 22.4. The van der Waals surface area contributed by atoms with Crippen molar-refractivity contribution in [3.8, 4) is 11.1 Å². The Labute approximate surface area is 366 Å². The van der Waals surface area contributed by atoms with Crippen molar-refractivity contribution < 1.29 is 38.4 Å². The Balaban J connectivity index is 1.15. The van der Waals surface area contributed by atoms with Gasteiger partial charge in [-0.1, -0.05) is 57.5 Å². The van der Waals surface area contributed by atoms with E-state index in [9.17, 15) is 29.1 Å². The van der Waals surface area contributed by atoms with Crippen molar-refractivity contribution in [1.29, 1.82) is 0 Å². The third-order valence-corrected chi connectivity index (χ3v) is 13.3. The van der Waals surface area contributed by atoms with E-state index in [2.05, 4.69) is 71.4 Å². The average Bonchev–Trinajstić information content (AvgIpc) is 3.61. The number of amides is 5. The third kappa shape index (κ3) is 11.4. The first-order chi connectivity index (χ1) is 29.4. The van der Waals surface area contributed by atoms with Gasteiger partial charge < -0.3 is 52.5 Å². The third-order valence-electron chi connectivity index (χ3n) is 13.3. The molecule has 10 atom stereocenters. The minimum absolute atomic E-state index is 0.0251. The Hall–Kier alpha value is -4.42. The van der Waals surface area contributed by atoms with Gasteiger partial charge in [0.1, 0.15) is 29.9 Å². The molecule has 1 saturated heterocycles. The molecule has 4 fully saturated rings. The molecule has 62 heavy (non-hydrogen) atoms. The van der Waals surface area contributed by atoms with E-state index in [-0.39, 0.29) is 30.2 Å². The lowest BCUT2D eigenvalue weighted by atomic mass is 9.43. The van der Waals surface area contributed by atoms with Gasteiger partial charge >= 0.3 is 7.12 Å². The van der Waals surface area contributed by atoms with Gasteiger partial charge in [0.05, 0.1) is 23.8 Å². The molecule has 0 radical (unpaired) electrons. The Morgan fingerprint density at radius 3 is 2.10 bits per heavy atom. The summed E-state index contributed by atoms with van der Waals surface area (Å²) in [4.78, 5) is 71.7. The zero-order valence-electron chi connectivity index (χ0n) is 37.5. The van der Waals surface area contributed by atoms with E-state index in [1.807, 2.05) is 19.1 Å². The predicted molar refractivity (Wildman–Crippen MR) is 237 cm³/mol. The van der Waals surface area contributed by atoms with Crippen LogP contribution in [0.15, 0.2) is 42.6 Å². The molecule has 10 N–H and O–H groups in total. The highest BCUT2D eigenvalue weighted by Crippen LogP contribution is 2.65. The van der Waals surface area contributed by atoms with Crippen LogP contribution in [-0.4, -0.2) is 108 Å². The highest BCUT2D eigenvalue weighted by molar-refractivity contribution is 6.47. The van der Waals surface area contributed by atoms with Gasteiger partial charge in [-0.15, -0.1) is 0 Å². The molecule has 1 unspecified atom stereocenters. The number of hydrogen-bond donors (Lipinski definition) is 8. The molecular weight excluding hydrogens is 791 g/mol. The summed E-state index contributed by atoms with van der Waals surface area (Å²) in [6, 6.07) is 6.73. The monoisotopic (exact) mass is 861 g/mol. The van der Waals surface area contributed by atoms with Crippen LogP contribution in [0.5, 0.6) is 0 Å². The molecular formula is C45H69BN8O8. The summed E-state index contributed by atoms with van der Waals surface area (Å²) in [7, 11) is -0.653. The molecule has 16 nitrogen and oxygen atoms in total. The fourth-order valence-electron chi connectivity index (χ4n) is 9.20. The fraction of sp³-hybridized carbons (Fsp3) is 0.644. The Bertz CT molecular complexity index is 1870. The lowest BCUT2D eigenvalue weighted by Gasteiger charge is -2.64. The maximum atomic E-state index is 13.7. The molecule has 1 aromatic carbocycles. The van der Waals surface area contributed by atoms with Crippen molar-refractivity contribution in [3.63, 3.8) is 0 Å². The molecule has 3 aliphatic carbocycles. The number of carbonyl (C=O) groups is 5. The summed E-state index contributed by atoms with van der Waals surface area (Å²) in [6.07, 6.45) is 6.90. The zero-order chi connectivity index (χ0) is 45.4. The number of nitrogens with zero attached hydrogens (tertiary/aromatic N) is 1. The molecule has 4 aliphatic rings. The van der Waals surface area contributed by atoms with Crippen LogP contribution in [0.4, 0.5) is 0 Å². The SMILES string of the molecule is CCCCc1ccc(-c2ccc(C(=O)N[C@@H](CCN)C(=O)N[C@H](C(=O)N[C@@H](C)C(=O)N[C@@H](CCCCN)C(=O)N[C@@H](C)B3OC4C[C@@H]5C[C@@H](C5(C)C)[C@]4(C)O3)[C@@H](C)O)nc2)cc1. The molecule has 340 valence electrons. The number of benzene rings is 1. The molecule has 2 bridgehead atoms. The van der Waals surface area contributed by atoms with Crippen LogP contribution in [0, 0.1) is 17.3 Å². The van der Waals surface area contributed by atoms with Gasteiger partial charge in [0, 0.05) is 11.8 Å². The van der Waals surface area contributed by atoms with E-state index in [0.29, 0.717) is 37.6 Å². The van der Waals surface area contributed by atoms with E-state index in [0.717, 1.165) is 43.2 Å². The first kappa shape index (κ1) is 48.6. The molecule has 0 spiro atoms. The van der Waals surface area contributed by atoms with Crippen molar-refractivity contribution >= 4 is 36.7 Å². The van der Waals surface area contributed by atoms with Crippen LogP contribution in [0.25, 0.3) is 11.1 Å². The molecule has 1 aromatic heterocycles. The molecule has 5 amide bonds. The van der Waals surface area contributed by atoms with Gasteiger partial charge in [0.25, 0.3) is 5.91 Å². The predicted octanol–water partition coefficient (Wildman–Crippen LogP) is 2.29. The van der Waals surface area contributed by atoms with Crippen LogP contribution in [0.3, 0.4) is 0 Å². The maximum Gasteiger partial charge on any atom is 0.481 e.